The summed E-state index contributed by atoms with van der Waals surface area (Å²) in [5, 5.41) is 5.56. The Balaban J connectivity index is 1.02. The highest BCUT2D eigenvalue weighted by atomic mass is 32.2. The van der Waals surface area contributed by atoms with Gasteiger partial charge in [0.25, 0.3) is 0 Å². The highest BCUT2D eigenvalue weighted by Gasteiger charge is 2.47. The molecule has 328 valence electrons. The summed E-state index contributed by atoms with van der Waals surface area (Å²) in [7, 11) is -4.28. The summed E-state index contributed by atoms with van der Waals surface area (Å²) in [6, 6.07) is 13.9. The van der Waals surface area contributed by atoms with Crippen molar-refractivity contribution in [2.24, 2.45) is 23.7 Å². The second-order valence-electron chi connectivity index (χ2n) is 16.3. The van der Waals surface area contributed by atoms with Crippen molar-refractivity contribution >= 4 is 34.1 Å². The van der Waals surface area contributed by atoms with Crippen LogP contribution in [0.3, 0.4) is 0 Å². The van der Waals surface area contributed by atoms with Crippen LogP contribution in [0.15, 0.2) is 59.5 Å². The first-order valence-electron chi connectivity index (χ1n) is 20.7. The summed E-state index contributed by atoms with van der Waals surface area (Å²) in [4.78, 5) is 40.1. The van der Waals surface area contributed by atoms with Crippen molar-refractivity contribution in [1.82, 2.24) is 9.62 Å². The van der Waals surface area contributed by atoms with Gasteiger partial charge >= 0.3 is 18.3 Å². The maximum Gasteiger partial charge on any atom is 0.509 e. The molecular weight excluding hydrogens is 807 g/mol. The SMILES string of the molecule is CC(C)CN(C[C@@H](OC(=O)OC1CO[C@H]2OCC[C@@H]12)[C@H](Cc1ccccc1)NC(=O)OC1CO[C@H]2OCCC12)S(=O)(=O)c1ccc(NC(=O)OC2COC3OCC[C@H]23)cc1. The Morgan fingerprint density at radius 2 is 1.23 bits per heavy atom. The van der Waals surface area contributed by atoms with Crippen LogP contribution >= 0.6 is 0 Å². The lowest BCUT2D eigenvalue weighted by atomic mass is 10.0. The van der Waals surface area contributed by atoms with Crippen molar-refractivity contribution in [2.45, 2.75) is 93.8 Å². The Labute approximate surface area is 348 Å². The molecule has 0 aromatic heterocycles. The summed E-state index contributed by atoms with van der Waals surface area (Å²) >= 11 is 0. The van der Waals surface area contributed by atoms with E-state index in [1.54, 1.807) is 0 Å². The molecule has 11 atom stereocenters. The number of benzene rings is 2. The molecule has 0 bridgehead atoms. The first kappa shape index (κ1) is 42.6. The van der Waals surface area contributed by atoms with Crippen LogP contribution in [0.25, 0.3) is 0 Å². The Bertz CT molecular complexity index is 1910. The molecule has 19 heteroatoms. The second kappa shape index (κ2) is 18.9. The lowest BCUT2D eigenvalue weighted by Crippen LogP contribution is -2.53. The Morgan fingerprint density at radius 1 is 0.700 bits per heavy atom. The minimum absolute atomic E-state index is 0.0292. The predicted molar refractivity (Wildman–Crippen MR) is 208 cm³/mol. The molecule has 2 N–H and O–H groups in total. The van der Waals surface area contributed by atoms with Gasteiger partial charge in [-0.05, 0) is 61.4 Å². The van der Waals surface area contributed by atoms with Gasteiger partial charge in [0, 0.05) is 12.2 Å². The average molecular weight is 860 g/mol. The van der Waals surface area contributed by atoms with Crippen LogP contribution in [0.2, 0.25) is 0 Å². The first-order chi connectivity index (χ1) is 29.0. The summed E-state index contributed by atoms with van der Waals surface area (Å²) in [5.41, 5.74) is 1.10. The Hall–Kier alpha value is -4.08. The van der Waals surface area contributed by atoms with Crippen LogP contribution in [0.5, 0.6) is 0 Å². The third-order valence-corrected chi connectivity index (χ3v) is 13.6. The summed E-state index contributed by atoms with van der Waals surface area (Å²) in [5.74, 6) is -0.514. The Morgan fingerprint density at radius 3 is 1.78 bits per heavy atom. The molecule has 18 nitrogen and oxygen atoms in total. The number of sulfonamides is 1. The van der Waals surface area contributed by atoms with Gasteiger partial charge < -0.3 is 52.7 Å². The third kappa shape index (κ3) is 9.99. The number of anilines is 1. The standard InChI is InChI=1S/C41H53N3O15S/c1-24(2)19-44(60(48,49)27-10-8-26(9-11-27)42-39(45)56-33-21-53-36-28(33)12-15-50-36)20-32(58-41(47)59-35-23-55-38-30(35)14-17-52-38)31(18-25-6-4-3-5-7-25)43-40(46)57-34-22-54-37-29(34)13-16-51-37/h3-11,24,28-38H,12-23H2,1-2H3,(H,42,45)(H,43,46)/t28-,29?,30+,31+,32-,33?,34?,35?,36?,37-,38-/m1/s1. The zero-order valence-electron chi connectivity index (χ0n) is 33.6. The fourth-order valence-corrected chi connectivity index (χ4v) is 10.3. The number of carbonyl (C=O) groups is 3. The molecule has 2 aromatic rings. The van der Waals surface area contributed by atoms with Gasteiger partial charge in [-0.15, -0.1) is 0 Å². The van der Waals surface area contributed by atoms with Crippen LogP contribution in [-0.2, 0) is 63.8 Å². The summed E-state index contributed by atoms with van der Waals surface area (Å²) in [6.45, 7) is 5.39. The molecule has 0 saturated carbocycles. The van der Waals surface area contributed by atoms with E-state index in [2.05, 4.69) is 10.6 Å². The van der Waals surface area contributed by atoms with Crippen molar-refractivity contribution in [1.29, 1.82) is 0 Å². The van der Waals surface area contributed by atoms with Gasteiger partial charge in [0.2, 0.25) is 10.0 Å². The van der Waals surface area contributed by atoms with E-state index < -0.39 is 71.4 Å². The zero-order valence-corrected chi connectivity index (χ0v) is 34.4. The van der Waals surface area contributed by atoms with E-state index in [1.165, 1.54) is 28.6 Å². The molecule has 2 amide bonds. The number of hydrogen-bond acceptors (Lipinski definition) is 15. The van der Waals surface area contributed by atoms with E-state index in [-0.39, 0.29) is 74.2 Å². The first-order valence-corrected chi connectivity index (χ1v) is 22.1. The molecule has 6 fully saturated rings. The minimum Gasteiger partial charge on any atom is -0.443 e. The number of rotatable bonds is 15. The average Bonchev–Trinajstić information content (AvgIpc) is 4.07. The molecule has 2 aromatic carbocycles. The zero-order chi connectivity index (χ0) is 41.8. The van der Waals surface area contributed by atoms with Crippen LogP contribution in [0.1, 0.15) is 38.7 Å². The number of nitrogens with one attached hydrogen (secondary N) is 2. The molecule has 6 aliphatic heterocycles. The molecule has 6 saturated heterocycles. The lowest BCUT2D eigenvalue weighted by molar-refractivity contribution is -0.0910. The van der Waals surface area contributed by atoms with E-state index in [0.717, 1.165) is 12.0 Å². The Kier molecular flexibility index (Phi) is 13.4. The van der Waals surface area contributed by atoms with Gasteiger partial charge in [0.15, 0.2) is 18.9 Å². The predicted octanol–water partition coefficient (Wildman–Crippen LogP) is 4.03. The lowest BCUT2D eigenvalue weighted by Gasteiger charge is -2.33. The van der Waals surface area contributed by atoms with Crippen LogP contribution in [-0.4, -0.2) is 133 Å². The van der Waals surface area contributed by atoms with Crippen molar-refractivity contribution < 1.29 is 70.2 Å². The van der Waals surface area contributed by atoms with Crippen molar-refractivity contribution in [2.75, 3.05) is 58.0 Å². The topological polar surface area (TPSA) is 205 Å². The minimum atomic E-state index is -4.28. The van der Waals surface area contributed by atoms with Gasteiger partial charge in [-0.3, -0.25) is 5.32 Å². The summed E-state index contributed by atoms with van der Waals surface area (Å²) < 4.78 is 87.2. The molecule has 60 heavy (non-hydrogen) atoms. The van der Waals surface area contributed by atoms with E-state index in [1.807, 2.05) is 44.2 Å². The smallest absolute Gasteiger partial charge is 0.443 e. The van der Waals surface area contributed by atoms with Gasteiger partial charge in [-0.25, -0.2) is 22.8 Å². The maximum atomic E-state index is 14.5. The quantitative estimate of drug-likeness (QED) is 0.192. The van der Waals surface area contributed by atoms with Gasteiger partial charge in [0.1, 0.15) is 24.4 Å². The number of hydrogen-bond donors (Lipinski definition) is 2. The van der Waals surface area contributed by atoms with Gasteiger partial charge in [-0.2, -0.15) is 4.31 Å². The van der Waals surface area contributed by atoms with Crippen LogP contribution < -0.4 is 10.6 Å². The van der Waals surface area contributed by atoms with E-state index in [4.69, 9.17) is 47.4 Å². The molecule has 0 spiro atoms. The molecule has 5 unspecified atom stereocenters. The van der Waals surface area contributed by atoms with Gasteiger partial charge in [-0.1, -0.05) is 44.2 Å². The monoisotopic (exact) mass is 859 g/mol. The fraction of sp³-hybridized carbons (Fsp3) is 0.634. The van der Waals surface area contributed by atoms with Crippen LogP contribution in [0, 0.1) is 23.7 Å². The van der Waals surface area contributed by atoms with Crippen molar-refractivity contribution in [3.8, 4) is 0 Å². The van der Waals surface area contributed by atoms with E-state index in [9.17, 15) is 22.8 Å². The molecule has 0 radical (unpaired) electrons. The number of nitrogens with zero attached hydrogens (tertiary/aromatic N) is 1. The van der Waals surface area contributed by atoms with E-state index >= 15 is 0 Å². The van der Waals surface area contributed by atoms with Crippen molar-refractivity contribution in [3.05, 3.63) is 60.2 Å². The molecular formula is C41H53N3O15S. The largest absolute Gasteiger partial charge is 0.509 e. The molecule has 8 rings (SSSR count). The van der Waals surface area contributed by atoms with Crippen molar-refractivity contribution in [3.63, 3.8) is 0 Å². The van der Waals surface area contributed by atoms with E-state index in [0.29, 0.717) is 38.3 Å². The number of alkyl carbamates (subject to hydrolysis) is 1. The summed E-state index contributed by atoms with van der Waals surface area (Å²) in [6.07, 6.45) is -4.62. The maximum absolute atomic E-state index is 14.5. The number of ether oxygens (including phenoxy) is 10. The normalized spacial score (nSPS) is 30.4. The highest BCUT2D eigenvalue weighted by Crippen LogP contribution is 2.35. The number of amides is 2. The molecule has 6 heterocycles. The second-order valence-corrected chi connectivity index (χ2v) is 18.3. The fourth-order valence-electron chi connectivity index (χ4n) is 8.65. The molecule has 0 aliphatic carbocycles. The molecule has 6 aliphatic rings. The highest BCUT2D eigenvalue weighted by molar-refractivity contribution is 7.89. The number of fused-ring (bicyclic) bond motifs is 3. The number of carbonyl (C=O) groups excluding carboxylic acids is 3. The van der Waals surface area contributed by atoms with Gasteiger partial charge in [0.05, 0.1) is 74.9 Å². The van der Waals surface area contributed by atoms with Crippen LogP contribution in [0.4, 0.5) is 20.1 Å². The third-order valence-electron chi connectivity index (χ3n) is 11.7.